The van der Waals surface area contributed by atoms with Crippen LogP contribution in [0.25, 0.3) is 0 Å². The summed E-state index contributed by atoms with van der Waals surface area (Å²) in [6.07, 6.45) is 9.99. The summed E-state index contributed by atoms with van der Waals surface area (Å²) in [6, 6.07) is 0. The summed E-state index contributed by atoms with van der Waals surface area (Å²) < 4.78 is 5.37. The first-order chi connectivity index (χ1) is 7.19. The molecule has 0 aliphatic carbocycles. The Balaban J connectivity index is 2.48. The van der Waals surface area contributed by atoms with Crippen molar-refractivity contribution in [2.24, 2.45) is 5.16 Å². The molecular formula is C10H15N3O2. The van der Waals surface area contributed by atoms with Crippen molar-refractivity contribution in [3.05, 3.63) is 12.4 Å². The summed E-state index contributed by atoms with van der Waals surface area (Å²) >= 11 is 0. The number of oxime groups is 1. The molecule has 0 aromatic heterocycles. The van der Waals surface area contributed by atoms with E-state index < -0.39 is 0 Å². The third-order valence-electron chi connectivity index (χ3n) is 2.16. The molecule has 1 N–H and O–H groups in total. The van der Waals surface area contributed by atoms with Crippen molar-refractivity contribution >= 4 is 6.21 Å². The Morgan fingerprint density at radius 1 is 1.73 bits per heavy atom. The topological polar surface area (TPSA) is 48.3 Å². The minimum atomic E-state index is -0.226. The summed E-state index contributed by atoms with van der Waals surface area (Å²) in [5, 5.41) is 11.5. The molecule has 2 atom stereocenters. The lowest BCUT2D eigenvalue weighted by molar-refractivity contribution is 0.0149. The maximum atomic E-state index is 8.50. The normalized spacial score (nSPS) is 22.3. The molecule has 1 rings (SSSR count). The summed E-state index contributed by atoms with van der Waals surface area (Å²) in [4.78, 5) is 3.76. The number of rotatable bonds is 4. The van der Waals surface area contributed by atoms with E-state index in [9.17, 15) is 0 Å². The lowest BCUT2D eigenvalue weighted by atomic mass is 10.4. The minimum absolute atomic E-state index is 0.125. The van der Waals surface area contributed by atoms with E-state index in [2.05, 4.69) is 11.1 Å². The van der Waals surface area contributed by atoms with Gasteiger partial charge < -0.3 is 19.7 Å². The zero-order valence-electron chi connectivity index (χ0n) is 8.87. The SMILES string of the molecule is C#CC(C)OCN1C=CN(C)C1/C=N\O. The third-order valence-corrected chi connectivity index (χ3v) is 2.16. The number of terminal acetylenes is 1. The standard InChI is InChI=1S/C10H15N3O2/c1-4-9(2)15-8-13-6-5-12(3)10(13)7-11-14/h1,5-7,9-10,14H,8H2,2-3H3/b11-7-. The Hall–Kier alpha value is -1.67. The van der Waals surface area contributed by atoms with Gasteiger partial charge in [0.15, 0.2) is 0 Å². The van der Waals surface area contributed by atoms with Crippen LogP contribution in [-0.2, 0) is 4.74 Å². The van der Waals surface area contributed by atoms with Gasteiger partial charge in [0.1, 0.15) is 19.0 Å². The molecule has 0 radical (unpaired) electrons. The van der Waals surface area contributed by atoms with E-state index in [0.29, 0.717) is 6.73 Å². The molecule has 0 spiro atoms. The lowest BCUT2D eigenvalue weighted by Gasteiger charge is -2.26. The summed E-state index contributed by atoms with van der Waals surface area (Å²) in [5.74, 6) is 2.48. The molecule has 1 heterocycles. The molecule has 82 valence electrons. The van der Waals surface area contributed by atoms with Gasteiger partial charge in [-0.1, -0.05) is 11.1 Å². The average Bonchev–Trinajstić information content (AvgIpc) is 2.58. The van der Waals surface area contributed by atoms with Crippen molar-refractivity contribution < 1.29 is 9.94 Å². The molecular weight excluding hydrogens is 194 g/mol. The highest BCUT2D eigenvalue weighted by Gasteiger charge is 2.22. The fourth-order valence-corrected chi connectivity index (χ4v) is 1.22. The van der Waals surface area contributed by atoms with Crippen LogP contribution in [-0.4, -0.2) is 47.3 Å². The fourth-order valence-electron chi connectivity index (χ4n) is 1.22. The van der Waals surface area contributed by atoms with E-state index in [1.807, 2.05) is 29.2 Å². The third kappa shape index (κ3) is 2.89. The van der Waals surface area contributed by atoms with Gasteiger partial charge >= 0.3 is 0 Å². The molecule has 0 fully saturated rings. The van der Waals surface area contributed by atoms with Crippen LogP contribution in [0.1, 0.15) is 6.92 Å². The zero-order chi connectivity index (χ0) is 11.3. The molecule has 5 nitrogen and oxygen atoms in total. The van der Waals surface area contributed by atoms with Crippen molar-refractivity contribution in [1.29, 1.82) is 0 Å². The highest BCUT2D eigenvalue weighted by atomic mass is 16.5. The van der Waals surface area contributed by atoms with Gasteiger partial charge in [0, 0.05) is 19.4 Å². The fraction of sp³-hybridized carbons (Fsp3) is 0.500. The Morgan fingerprint density at radius 2 is 2.47 bits per heavy atom. The zero-order valence-corrected chi connectivity index (χ0v) is 8.87. The molecule has 0 aromatic carbocycles. The monoisotopic (exact) mass is 209 g/mol. The van der Waals surface area contributed by atoms with Gasteiger partial charge in [0.25, 0.3) is 0 Å². The quantitative estimate of drug-likeness (QED) is 0.317. The molecule has 5 heteroatoms. The van der Waals surface area contributed by atoms with Gasteiger partial charge in [-0.3, -0.25) is 0 Å². The number of ether oxygens (including phenoxy) is 1. The van der Waals surface area contributed by atoms with E-state index in [1.54, 1.807) is 6.92 Å². The first kappa shape index (κ1) is 11.4. The molecule has 0 saturated heterocycles. The summed E-state index contributed by atoms with van der Waals surface area (Å²) in [5.41, 5.74) is 0. The Morgan fingerprint density at radius 3 is 3.07 bits per heavy atom. The molecule has 1 aliphatic rings. The van der Waals surface area contributed by atoms with Gasteiger partial charge in [-0.25, -0.2) is 0 Å². The van der Waals surface area contributed by atoms with E-state index in [1.165, 1.54) is 6.21 Å². The van der Waals surface area contributed by atoms with Crippen LogP contribution in [0.5, 0.6) is 0 Å². The number of hydrogen-bond donors (Lipinski definition) is 1. The van der Waals surface area contributed by atoms with Gasteiger partial charge in [-0.05, 0) is 6.92 Å². The van der Waals surface area contributed by atoms with E-state index in [-0.39, 0.29) is 12.3 Å². The van der Waals surface area contributed by atoms with Crippen molar-refractivity contribution in [2.75, 3.05) is 13.8 Å². The molecule has 0 bridgehead atoms. The molecule has 2 unspecified atom stereocenters. The Labute approximate surface area is 89.6 Å². The van der Waals surface area contributed by atoms with Gasteiger partial charge in [0.05, 0.1) is 6.21 Å². The number of nitrogens with zero attached hydrogens (tertiary/aromatic N) is 3. The van der Waals surface area contributed by atoms with Crippen LogP contribution in [0.3, 0.4) is 0 Å². The first-order valence-corrected chi connectivity index (χ1v) is 4.60. The van der Waals surface area contributed by atoms with Gasteiger partial charge in [-0.15, -0.1) is 6.42 Å². The second-order valence-corrected chi connectivity index (χ2v) is 3.26. The van der Waals surface area contributed by atoms with E-state index in [4.69, 9.17) is 16.4 Å². The predicted octanol–water partition coefficient (Wildman–Crippen LogP) is 0.487. The average molecular weight is 209 g/mol. The molecule has 1 aliphatic heterocycles. The summed E-state index contributed by atoms with van der Waals surface area (Å²) in [7, 11) is 1.88. The van der Waals surface area contributed by atoms with Crippen LogP contribution < -0.4 is 0 Å². The van der Waals surface area contributed by atoms with Crippen molar-refractivity contribution in [2.45, 2.75) is 19.2 Å². The second kappa shape index (κ2) is 5.27. The van der Waals surface area contributed by atoms with Crippen molar-refractivity contribution in [1.82, 2.24) is 9.80 Å². The van der Waals surface area contributed by atoms with Gasteiger partial charge in [0.2, 0.25) is 0 Å². The molecule has 0 saturated carbocycles. The molecule has 0 amide bonds. The highest BCUT2D eigenvalue weighted by Crippen LogP contribution is 2.12. The lowest BCUT2D eigenvalue weighted by Crippen LogP contribution is -2.39. The van der Waals surface area contributed by atoms with Crippen molar-refractivity contribution in [3.8, 4) is 12.3 Å². The second-order valence-electron chi connectivity index (χ2n) is 3.26. The van der Waals surface area contributed by atoms with Crippen LogP contribution in [0.2, 0.25) is 0 Å². The Kier molecular flexibility index (Phi) is 4.01. The van der Waals surface area contributed by atoms with Crippen LogP contribution >= 0.6 is 0 Å². The smallest absolute Gasteiger partial charge is 0.142 e. The van der Waals surface area contributed by atoms with Gasteiger partial charge in [-0.2, -0.15) is 0 Å². The van der Waals surface area contributed by atoms with Crippen molar-refractivity contribution in [3.63, 3.8) is 0 Å². The summed E-state index contributed by atoms with van der Waals surface area (Å²) in [6.45, 7) is 2.17. The predicted molar refractivity (Wildman–Crippen MR) is 57.1 cm³/mol. The molecule has 0 aromatic rings. The maximum Gasteiger partial charge on any atom is 0.142 e. The van der Waals surface area contributed by atoms with Crippen LogP contribution in [0.4, 0.5) is 0 Å². The van der Waals surface area contributed by atoms with E-state index in [0.717, 1.165) is 0 Å². The largest absolute Gasteiger partial charge is 0.411 e. The number of hydrogen-bond acceptors (Lipinski definition) is 5. The molecule has 15 heavy (non-hydrogen) atoms. The van der Waals surface area contributed by atoms with Crippen LogP contribution in [0, 0.1) is 12.3 Å². The van der Waals surface area contributed by atoms with E-state index >= 15 is 0 Å². The van der Waals surface area contributed by atoms with Crippen LogP contribution in [0.15, 0.2) is 17.6 Å². The highest BCUT2D eigenvalue weighted by molar-refractivity contribution is 5.64. The maximum absolute atomic E-state index is 8.50. The Bertz CT molecular complexity index is 296. The first-order valence-electron chi connectivity index (χ1n) is 4.60. The minimum Gasteiger partial charge on any atom is -0.411 e.